The molecule has 0 aliphatic heterocycles. The molecule has 0 radical (unpaired) electrons. The van der Waals surface area contributed by atoms with E-state index < -0.39 is 10.0 Å². The summed E-state index contributed by atoms with van der Waals surface area (Å²) in [5, 5.41) is 0. The maximum atomic E-state index is 12.2. The topological polar surface area (TPSA) is 85.1 Å². The lowest BCUT2D eigenvalue weighted by molar-refractivity contribution is 0.600. The Morgan fingerprint density at radius 1 is 1.29 bits per heavy atom. The second-order valence-electron chi connectivity index (χ2n) is 4.24. The van der Waals surface area contributed by atoms with Crippen LogP contribution in [-0.2, 0) is 15.8 Å². The molecule has 1 aromatic heterocycles. The van der Waals surface area contributed by atoms with Gasteiger partial charge in [0.1, 0.15) is 10.8 Å². The van der Waals surface area contributed by atoms with Crippen molar-refractivity contribution in [3.63, 3.8) is 0 Å². The van der Waals surface area contributed by atoms with E-state index in [1.807, 2.05) is 0 Å². The number of hydrogen-bond donors (Lipinski definition) is 2. The average Bonchev–Trinajstić information content (AvgIpc) is 2.41. The minimum atomic E-state index is -3.60. The highest BCUT2D eigenvalue weighted by Gasteiger charge is 2.15. The van der Waals surface area contributed by atoms with Crippen LogP contribution in [0.25, 0.3) is 0 Å². The Balaban J connectivity index is 2.22. The Bertz CT molecular complexity index is 761. The summed E-state index contributed by atoms with van der Waals surface area (Å²) in [6.07, 6.45) is 1.51. The molecule has 0 atom stereocenters. The fourth-order valence-corrected chi connectivity index (χ4v) is 3.33. The molecule has 0 amide bonds. The van der Waals surface area contributed by atoms with Crippen LogP contribution in [0, 0.1) is 0 Å². The zero-order valence-corrected chi connectivity index (χ0v) is 14.0. The number of halogens is 1. The zero-order valence-electron chi connectivity index (χ0n) is 10.8. The van der Waals surface area contributed by atoms with Crippen LogP contribution in [-0.4, -0.2) is 18.4 Å². The number of hydrogen-bond acceptors (Lipinski definition) is 4. The molecule has 2 aromatic rings. The Labute approximate surface area is 136 Å². The SMILES string of the molecule is NC(=S)c1ccccc1CS(=O)(=O)Nc1ccc(Br)cn1. The van der Waals surface area contributed by atoms with Crippen molar-refractivity contribution in [2.75, 3.05) is 4.72 Å². The second kappa shape index (κ2) is 6.50. The summed E-state index contributed by atoms with van der Waals surface area (Å²) in [7, 11) is -3.60. The number of pyridine rings is 1. The second-order valence-corrected chi connectivity index (χ2v) is 7.32. The first kappa shape index (κ1) is 15.9. The first-order chi connectivity index (χ1) is 9.87. The van der Waals surface area contributed by atoms with Gasteiger partial charge in [0.05, 0.1) is 5.75 Å². The van der Waals surface area contributed by atoms with Crippen LogP contribution in [0.1, 0.15) is 11.1 Å². The number of thiocarbonyl (C=S) groups is 1. The van der Waals surface area contributed by atoms with Crippen LogP contribution in [0.5, 0.6) is 0 Å². The third kappa shape index (κ3) is 4.48. The van der Waals surface area contributed by atoms with Gasteiger partial charge in [-0.05, 0) is 33.6 Å². The van der Waals surface area contributed by atoms with Crippen LogP contribution < -0.4 is 10.5 Å². The molecule has 0 aliphatic rings. The van der Waals surface area contributed by atoms with Gasteiger partial charge in [-0.3, -0.25) is 4.72 Å². The Morgan fingerprint density at radius 3 is 2.62 bits per heavy atom. The molecular formula is C13H12BrN3O2S2. The molecule has 21 heavy (non-hydrogen) atoms. The predicted octanol–water partition coefficient (Wildman–Crippen LogP) is 2.42. The minimum Gasteiger partial charge on any atom is -0.389 e. The first-order valence-corrected chi connectivity index (χ1v) is 8.72. The van der Waals surface area contributed by atoms with E-state index >= 15 is 0 Å². The van der Waals surface area contributed by atoms with Gasteiger partial charge in [-0.25, -0.2) is 13.4 Å². The molecule has 0 spiro atoms. The van der Waals surface area contributed by atoms with Crippen molar-refractivity contribution < 1.29 is 8.42 Å². The van der Waals surface area contributed by atoms with Crippen LogP contribution in [0.2, 0.25) is 0 Å². The van der Waals surface area contributed by atoms with Gasteiger partial charge in [-0.15, -0.1) is 0 Å². The van der Waals surface area contributed by atoms with Crippen molar-refractivity contribution in [3.8, 4) is 0 Å². The normalized spacial score (nSPS) is 11.1. The maximum absolute atomic E-state index is 12.2. The lowest BCUT2D eigenvalue weighted by Gasteiger charge is -2.10. The van der Waals surface area contributed by atoms with Crippen molar-refractivity contribution in [1.29, 1.82) is 0 Å². The van der Waals surface area contributed by atoms with Crippen molar-refractivity contribution in [2.45, 2.75) is 5.75 Å². The van der Waals surface area contributed by atoms with Gasteiger partial charge in [-0.2, -0.15) is 0 Å². The van der Waals surface area contributed by atoms with Gasteiger partial charge >= 0.3 is 0 Å². The van der Waals surface area contributed by atoms with Crippen molar-refractivity contribution in [3.05, 3.63) is 58.2 Å². The summed E-state index contributed by atoms with van der Waals surface area (Å²) in [4.78, 5) is 4.14. The summed E-state index contributed by atoms with van der Waals surface area (Å²) in [5.74, 6) is 0.0316. The maximum Gasteiger partial charge on any atom is 0.238 e. The minimum absolute atomic E-state index is 0.169. The smallest absolute Gasteiger partial charge is 0.238 e. The number of sulfonamides is 1. The molecule has 8 heteroatoms. The van der Waals surface area contributed by atoms with Crippen molar-refractivity contribution >= 4 is 49.0 Å². The highest BCUT2D eigenvalue weighted by Crippen LogP contribution is 2.16. The number of anilines is 1. The molecule has 1 heterocycles. The Hall–Kier alpha value is -1.51. The molecule has 0 unspecified atom stereocenters. The molecule has 5 nitrogen and oxygen atoms in total. The molecule has 0 fully saturated rings. The van der Waals surface area contributed by atoms with Crippen LogP contribution in [0.4, 0.5) is 5.82 Å². The summed E-state index contributed by atoms with van der Waals surface area (Å²) >= 11 is 8.16. The van der Waals surface area contributed by atoms with E-state index in [1.54, 1.807) is 36.4 Å². The third-order valence-corrected chi connectivity index (χ3v) is 4.52. The third-order valence-electron chi connectivity index (χ3n) is 2.62. The van der Waals surface area contributed by atoms with Gasteiger partial charge < -0.3 is 5.73 Å². The number of nitrogens with zero attached hydrogens (tertiary/aromatic N) is 1. The average molecular weight is 386 g/mol. The fraction of sp³-hybridized carbons (Fsp3) is 0.0769. The number of aromatic nitrogens is 1. The van der Waals surface area contributed by atoms with E-state index in [-0.39, 0.29) is 16.6 Å². The van der Waals surface area contributed by atoms with E-state index in [1.165, 1.54) is 6.20 Å². The van der Waals surface area contributed by atoms with Gasteiger partial charge in [0.25, 0.3) is 0 Å². The first-order valence-electron chi connectivity index (χ1n) is 5.87. The summed E-state index contributed by atoms with van der Waals surface area (Å²) in [6, 6.07) is 10.2. The summed E-state index contributed by atoms with van der Waals surface area (Å²) < 4.78 is 27.5. The van der Waals surface area contributed by atoms with E-state index in [0.717, 1.165) is 4.47 Å². The molecular weight excluding hydrogens is 374 g/mol. The van der Waals surface area contributed by atoms with E-state index in [0.29, 0.717) is 11.1 Å². The predicted molar refractivity (Wildman–Crippen MR) is 90.5 cm³/mol. The molecule has 110 valence electrons. The molecule has 3 N–H and O–H groups in total. The molecule has 0 saturated carbocycles. The van der Waals surface area contributed by atoms with E-state index in [2.05, 4.69) is 25.6 Å². The summed E-state index contributed by atoms with van der Waals surface area (Å²) in [6.45, 7) is 0. The quantitative estimate of drug-likeness (QED) is 0.771. The van der Waals surface area contributed by atoms with Crippen molar-refractivity contribution in [2.24, 2.45) is 5.73 Å². The number of benzene rings is 1. The van der Waals surface area contributed by atoms with Crippen LogP contribution >= 0.6 is 28.1 Å². The van der Waals surface area contributed by atoms with Crippen LogP contribution in [0.3, 0.4) is 0 Å². The van der Waals surface area contributed by atoms with Gasteiger partial charge in [-0.1, -0.05) is 36.5 Å². The van der Waals surface area contributed by atoms with Crippen LogP contribution in [0.15, 0.2) is 47.1 Å². The van der Waals surface area contributed by atoms with Gasteiger partial charge in [0, 0.05) is 16.2 Å². The molecule has 1 aromatic carbocycles. The Morgan fingerprint density at radius 2 is 2.00 bits per heavy atom. The largest absolute Gasteiger partial charge is 0.389 e. The molecule has 0 bridgehead atoms. The Kier molecular flexibility index (Phi) is 4.92. The molecule has 2 rings (SSSR count). The summed E-state index contributed by atoms with van der Waals surface area (Å²) in [5.41, 5.74) is 6.71. The van der Waals surface area contributed by atoms with Crippen molar-refractivity contribution in [1.82, 2.24) is 4.98 Å². The van der Waals surface area contributed by atoms with Gasteiger partial charge in [0.15, 0.2) is 0 Å². The monoisotopic (exact) mass is 385 g/mol. The highest BCUT2D eigenvalue weighted by atomic mass is 79.9. The van der Waals surface area contributed by atoms with Gasteiger partial charge in [0.2, 0.25) is 10.0 Å². The molecule has 0 aliphatic carbocycles. The van der Waals surface area contributed by atoms with E-state index in [9.17, 15) is 8.42 Å². The lowest BCUT2D eigenvalue weighted by atomic mass is 10.1. The lowest BCUT2D eigenvalue weighted by Crippen LogP contribution is -2.19. The van der Waals surface area contributed by atoms with E-state index in [4.69, 9.17) is 18.0 Å². The number of rotatable bonds is 5. The highest BCUT2D eigenvalue weighted by molar-refractivity contribution is 9.10. The fourth-order valence-electron chi connectivity index (χ4n) is 1.72. The number of nitrogens with one attached hydrogen (secondary N) is 1. The standard InChI is InChI=1S/C13H12BrN3O2S2/c14-10-5-6-12(16-7-10)17-21(18,19)8-9-3-1-2-4-11(9)13(15)20/h1-7H,8H2,(H2,15,20)(H,16,17). The zero-order chi connectivity index (χ0) is 15.5. The molecule has 0 saturated heterocycles. The number of nitrogens with two attached hydrogens (primary N) is 1.